The lowest BCUT2D eigenvalue weighted by Crippen LogP contribution is -2.16. The van der Waals surface area contributed by atoms with Gasteiger partial charge in [0.05, 0.1) is 6.20 Å². The molecular weight excluding hydrogens is 361 g/mol. The van der Waals surface area contributed by atoms with Gasteiger partial charge in [0.1, 0.15) is 11.5 Å². The highest BCUT2D eigenvalue weighted by atomic mass is 32.2. The molecule has 0 spiro atoms. The maximum absolute atomic E-state index is 13.3. The molecule has 4 nitrogen and oxygen atoms in total. The van der Waals surface area contributed by atoms with Crippen molar-refractivity contribution in [2.45, 2.75) is 5.16 Å². The smallest absolute Gasteiger partial charge is 0.274 e. The molecule has 6 heteroatoms. The molecule has 0 unspecified atom stereocenters. The van der Waals surface area contributed by atoms with Gasteiger partial charge in [0.15, 0.2) is 5.16 Å². The third kappa shape index (κ3) is 3.44. The zero-order valence-corrected chi connectivity index (χ0v) is 15.3. The minimum absolute atomic E-state index is 0.276. The second-order valence-corrected chi connectivity index (χ2v) is 6.73. The molecule has 0 aliphatic heterocycles. The van der Waals surface area contributed by atoms with Crippen LogP contribution in [0.3, 0.4) is 0 Å². The fraction of sp³-hybridized carbons (Fsp3) is 0.0476. The van der Waals surface area contributed by atoms with E-state index in [1.54, 1.807) is 16.7 Å². The van der Waals surface area contributed by atoms with E-state index in [4.69, 9.17) is 0 Å². The van der Waals surface area contributed by atoms with Crippen LogP contribution in [0.5, 0.6) is 0 Å². The molecular formula is C21H16FN3OS. The molecule has 0 aliphatic rings. The quantitative estimate of drug-likeness (QED) is 0.501. The van der Waals surface area contributed by atoms with E-state index >= 15 is 0 Å². The first-order valence-corrected chi connectivity index (χ1v) is 9.56. The normalized spacial score (nSPS) is 10.9. The van der Waals surface area contributed by atoms with Crippen molar-refractivity contribution in [1.82, 2.24) is 9.55 Å². The number of halogens is 1. The third-order valence-electron chi connectivity index (χ3n) is 4.24. The van der Waals surface area contributed by atoms with Crippen LogP contribution >= 0.6 is 11.8 Å². The van der Waals surface area contributed by atoms with E-state index in [0.717, 1.165) is 10.8 Å². The number of rotatable bonds is 4. The highest BCUT2D eigenvalue weighted by Crippen LogP contribution is 2.24. The van der Waals surface area contributed by atoms with Gasteiger partial charge in [-0.15, -0.1) is 0 Å². The Morgan fingerprint density at radius 3 is 2.52 bits per heavy atom. The van der Waals surface area contributed by atoms with E-state index < -0.39 is 0 Å². The van der Waals surface area contributed by atoms with E-state index in [9.17, 15) is 9.18 Å². The molecule has 4 aromatic rings. The standard InChI is InChI=1S/C21H16FN3OS/c1-27-21-23-13-19(25(21)18-10-7-16(22)8-11-18)20(26)24-17-9-6-14-4-2-3-5-15(14)12-17/h2-13H,1H3,(H,24,26). The highest BCUT2D eigenvalue weighted by molar-refractivity contribution is 7.98. The average molecular weight is 377 g/mol. The highest BCUT2D eigenvalue weighted by Gasteiger charge is 2.18. The molecule has 0 fully saturated rings. The van der Waals surface area contributed by atoms with E-state index in [1.165, 1.54) is 30.1 Å². The van der Waals surface area contributed by atoms with Gasteiger partial charge in [-0.05, 0) is 53.4 Å². The number of imidazole rings is 1. The molecule has 0 saturated carbocycles. The summed E-state index contributed by atoms with van der Waals surface area (Å²) < 4.78 is 15.0. The molecule has 0 saturated heterocycles. The van der Waals surface area contributed by atoms with Gasteiger partial charge in [0.2, 0.25) is 0 Å². The largest absolute Gasteiger partial charge is 0.321 e. The van der Waals surface area contributed by atoms with Crippen molar-refractivity contribution in [2.24, 2.45) is 0 Å². The van der Waals surface area contributed by atoms with Gasteiger partial charge in [-0.2, -0.15) is 0 Å². The fourth-order valence-electron chi connectivity index (χ4n) is 2.94. The van der Waals surface area contributed by atoms with Crippen LogP contribution in [-0.2, 0) is 0 Å². The Bertz CT molecular complexity index is 1120. The second-order valence-electron chi connectivity index (χ2n) is 5.96. The fourth-order valence-corrected chi connectivity index (χ4v) is 3.49. The summed E-state index contributed by atoms with van der Waals surface area (Å²) in [7, 11) is 0. The monoisotopic (exact) mass is 377 g/mol. The number of nitrogens with one attached hydrogen (secondary N) is 1. The molecule has 1 amide bonds. The van der Waals surface area contributed by atoms with Crippen molar-refractivity contribution in [1.29, 1.82) is 0 Å². The van der Waals surface area contributed by atoms with Crippen LogP contribution in [0.4, 0.5) is 10.1 Å². The number of amides is 1. The van der Waals surface area contributed by atoms with E-state index in [-0.39, 0.29) is 11.7 Å². The van der Waals surface area contributed by atoms with Crippen LogP contribution in [0, 0.1) is 5.82 Å². The van der Waals surface area contributed by atoms with Crippen LogP contribution in [0.1, 0.15) is 10.5 Å². The summed E-state index contributed by atoms with van der Waals surface area (Å²) in [6.45, 7) is 0. The van der Waals surface area contributed by atoms with Gasteiger partial charge in [0.25, 0.3) is 5.91 Å². The number of anilines is 1. The van der Waals surface area contributed by atoms with Crippen LogP contribution in [0.15, 0.2) is 78.1 Å². The predicted molar refractivity (Wildman–Crippen MR) is 107 cm³/mol. The Labute approximate surface area is 160 Å². The lowest BCUT2D eigenvalue weighted by Gasteiger charge is -2.11. The summed E-state index contributed by atoms with van der Waals surface area (Å²) in [5, 5.41) is 5.74. The SMILES string of the molecule is CSc1ncc(C(=O)Nc2ccc3ccccc3c2)n1-c1ccc(F)cc1. The zero-order chi connectivity index (χ0) is 18.8. The number of fused-ring (bicyclic) bond motifs is 1. The van der Waals surface area contributed by atoms with Gasteiger partial charge >= 0.3 is 0 Å². The first-order valence-electron chi connectivity index (χ1n) is 8.33. The number of thioether (sulfide) groups is 1. The van der Waals surface area contributed by atoms with Gasteiger partial charge in [-0.1, -0.05) is 42.1 Å². The van der Waals surface area contributed by atoms with Gasteiger partial charge in [-0.3, -0.25) is 9.36 Å². The van der Waals surface area contributed by atoms with Crippen molar-refractivity contribution < 1.29 is 9.18 Å². The number of carbonyl (C=O) groups is 1. The molecule has 3 aromatic carbocycles. The van der Waals surface area contributed by atoms with Crippen LogP contribution in [0.2, 0.25) is 0 Å². The summed E-state index contributed by atoms with van der Waals surface area (Å²) in [5.41, 5.74) is 1.78. The molecule has 27 heavy (non-hydrogen) atoms. The number of nitrogens with zero attached hydrogens (tertiary/aromatic N) is 2. The number of hydrogen-bond donors (Lipinski definition) is 1. The van der Waals surface area contributed by atoms with E-state index in [1.807, 2.05) is 48.7 Å². The maximum atomic E-state index is 13.3. The summed E-state index contributed by atoms with van der Waals surface area (Å²) >= 11 is 1.42. The lowest BCUT2D eigenvalue weighted by atomic mass is 10.1. The first-order chi connectivity index (χ1) is 13.2. The molecule has 0 atom stereocenters. The van der Waals surface area contributed by atoms with E-state index in [2.05, 4.69) is 10.3 Å². The summed E-state index contributed by atoms with van der Waals surface area (Å²) in [4.78, 5) is 17.2. The lowest BCUT2D eigenvalue weighted by molar-refractivity contribution is 0.102. The van der Waals surface area contributed by atoms with Gasteiger partial charge < -0.3 is 5.32 Å². The molecule has 1 aromatic heterocycles. The molecule has 1 N–H and O–H groups in total. The zero-order valence-electron chi connectivity index (χ0n) is 14.5. The minimum Gasteiger partial charge on any atom is -0.321 e. The molecule has 0 radical (unpaired) electrons. The van der Waals surface area contributed by atoms with Gasteiger partial charge in [-0.25, -0.2) is 9.37 Å². The number of benzene rings is 3. The average Bonchev–Trinajstić information content (AvgIpc) is 3.13. The summed E-state index contributed by atoms with van der Waals surface area (Å²) in [6, 6.07) is 19.7. The van der Waals surface area contributed by atoms with Crippen molar-refractivity contribution in [3.8, 4) is 5.69 Å². The van der Waals surface area contributed by atoms with Crippen LogP contribution < -0.4 is 5.32 Å². The maximum Gasteiger partial charge on any atom is 0.274 e. The second kappa shape index (κ2) is 7.25. The van der Waals surface area contributed by atoms with Crippen LogP contribution in [0.25, 0.3) is 16.5 Å². The Hall–Kier alpha value is -3.12. The Morgan fingerprint density at radius 2 is 1.78 bits per heavy atom. The summed E-state index contributed by atoms with van der Waals surface area (Å²) in [6.07, 6.45) is 3.42. The van der Waals surface area contributed by atoms with Crippen molar-refractivity contribution in [2.75, 3.05) is 11.6 Å². The summed E-state index contributed by atoms with van der Waals surface area (Å²) in [5.74, 6) is -0.603. The molecule has 0 aliphatic carbocycles. The third-order valence-corrected chi connectivity index (χ3v) is 4.89. The first kappa shape index (κ1) is 17.3. The van der Waals surface area contributed by atoms with Crippen molar-refractivity contribution in [3.05, 3.63) is 84.4 Å². The predicted octanol–water partition coefficient (Wildman–Crippen LogP) is 5.14. The van der Waals surface area contributed by atoms with Crippen LogP contribution in [-0.4, -0.2) is 21.7 Å². The van der Waals surface area contributed by atoms with Crippen molar-refractivity contribution in [3.63, 3.8) is 0 Å². The molecule has 1 heterocycles. The topological polar surface area (TPSA) is 46.9 Å². The molecule has 4 rings (SSSR count). The molecule has 134 valence electrons. The Balaban J connectivity index is 1.69. The number of aromatic nitrogens is 2. The Kier molecular flexibility index (Phi) is 4.64. The van der Waals surface area contributed by atoms with E-state index in [0.29, 0.717) is 22.2 Å². The number of carbonyl (C=O) groups excluding carboxylic acids is 1. The Morgan fingerprint density at radius 1 is 1.04 bits per heavy atom. The number of hydrogen-bond acceptors (Lipinski definition) is 3. The minimum atomic E-state index is -0.327. The van der Waals surface area contributed by atoms with Gasteiger partial charge in [0, 0.05) is 11.4 Å². The molecule has 0 bridgehead atoms. The van der Waals surface area contributed by atoms with Crippen molar-refractivity contribution >= 4 is 34.1 Å².